The Morgan fingerprint density at radius 3 is 2.54 bits per heavy atom. The van der Waals surface area contributed by atoms with Gasteiger partial charge in [0, 0.05) is 41.4 Å². The standard InChI is InChI=1S/C30H30N4O4S/c35-24-11-12-33-28(29(24)37)30(38)32(21-14-20(15-21)31-26(36)13-18-9-10-18)17-34(33)27-22-6-2-1-5-19(22)16-39-25-8-4-3-7-23(25)27/h1-8,11-12,18,20-21,27,37H,9-10,13-17H2,(H,31,36)/t20?,21?,27-/m0/s1. The number of thioether (sulfide) groups is 1. The highest BCUT2D eigenvalue weighted by Crippen LogP contribution is 2.43. The molecule has 0 bridgehead atoms. The molecule has 0 saturated heterocycles. The maximum atomic E-state index is 13.8. The molecule has 1 aromatic heterocycles. The maximum Gasteiger partial charge on any atom is 0.278 e. The van der Waals surface area contributed by atoms with Crippen molar-refractivity contribution in [1.82, 2.24) is 14.9 Å². The molecule has 2 fully saturated rings. The van der Waals surface area contributed by atoms with Crippen LogP contribution in [0, 0.1) is 5.92 Å². The first-order chi connectivity index (χ1) is 19.0. The predicted molar refractivity (Wildman–Crippen MR) is 148 cm³/mol. The summed E-state index contributed by atoms with van der Waals surface area (Å²) in [6, 6.07) is 17.6. The Hall–Kier alpha value is -3.72. The average molecular weight is 543 g/mol. The number of hydrogen-bond donors (Lipinski definition) is 2. The Labute approximate surface area is 230 Å². The highest BCUT2D eigenvalue weighted by Gasteiger charge is 2.44. The fraction of sp³-hybridized carbons (Fsp3) is 0.367. The zero-order valence-corrected chi connectivity index (χ0v) is 22.3. The number of nitrogens with one attached hydrogen (secondary N) is 1. The molecule has 2 aromatic carbocycles. The van der Waals surface area contributed by atoms with Crippen molar-refractivity contribution >= 4 is 23.6 Å². The highest BCUT2D eigenvalue weighted by molar-refractivity contribution is 7.98. The van der Waals surface area contributed by atoms with Crippen LogP contribution in [0.5, 0.6) is 5.75 Å². The van der Waals surface area contributed by atoms with E-state index in [4.69, 9.17) is 0 Å². The second kappa shape index (κ2) is 9.48. The number of hydrogen-bond acceptors (Lipinski definition) is 6. The van der Waals surface area contributed by atoms with E-state index in [1.54, 1.807) is 27.5 Å². The van der Waals surface area contributed by atoms with Gasteiger partial charge in [0.05, 0.1) is 6.04 Å². The van der Waals surface area contributed by atoms with Crippen molar-refractivity contribution in [2.45, 2.75) is 60.9 Å². The molecule has 1 atom stereocenters. The lowest BCUT2D eigenvalue weighted by Gasteiger charge is -2.50. The van der Waals surface area contributed by atoms with Crippen LogP contribution in [0.1, 0.15) is 65.3 Å². The topological polar surface area (TPSA) is 94.9 Å². The minimum atomic E-state index is -0.576. The number of benzene rings is 2. The van der Waals surface area contributed by atoms with Gasteiger partial charge in [-0.05, 0) is 54.4 Å². The van der Waals surface area contributed by atoms with E-state index in [2.05, 4.69) is 34.6 Å². The lowest BCUT2D eigenvalue weighted by molar-refractivity contribution is -0.123. The van der Waals surface area contributed by atoms with Crippen LogP contribution in [0.15, 0.2) is 70.5 Å². The Bertz CT molecular complexity index is 1480. The summed E-state index contributed by atoms with van der Waals surface area (Å²) in [5, 5.41) is 16.1. The summed E-state index contributed by atoms with van der Waals surface area (Å²) in [7, 11) is 0. The zero-order valence-electron chi connectivity index (χ0n) is 21.5. The van der Waals surface area contributed by atoms with Crippen molar-refractivity contribution in [1.29, 1.82) is 0 Å². The summed E-state index contributed by atoms with van der Waals surface area (Å²) in [6.45, 7) is 0.291. The first-order valence-corrected chi connectivity index (χ1v) is 14.6. The van der Waals surface area contributed by atoms with Crippen molar-refractivity contribution < 1.29 is 14.7 Å². The number of pyridine rings is 1. The van der Waals surface area contributed by atoms with E-state index in [0.717, 1.165) is 34.6 Å². The summed E-state index contributed by atoms with van der Waals surface area (Å²) >= 11 is 1.79. The van der Waals surface area contributed by atoms with Crippen LogP contribution < -0.4 is 15.8 Å². The fourth-order valence-corrected chi connectivity index (χ4v) is 7.18. The molecule has 0 spiro atoms. The summed E-state index contributed by atoms with van der Waals surface area (Å²) in [4.78, 5) is 41.5. The minimum absolute atomic E-state index is 0.0122. The number of fused-ring (bicyclic) bond motifs is 3. The van der Waals surface area contributed by atoms with Gasteiger partial charge < -0.3 is 15.3 Å². The molecule has 3 aromatic rings. The molecule has 2 saturated carbocycles. The Kier molecular flexibility index (Phi) is 5.91. The van der Waals surface area contributed by atoms with Crippen molar-refractivity contribution in [3.8, 4) is 5.75 Å². The van der Waals surface area contributed by atoms with Crippen molar-refractivity contribution in [3.63, 3.8) is 0 Å². The van der Waals surface area contributed by atoms with Crippen LogP contribution >= 0.6 is 11.8 Å². The largest absolute Gasteiger partial charge is 0.502 e. The Balaban J connectivity index is 1.26. The van der Waals surface area contributed by atoms with E-state index in [1.807, 2.05) is 24.3 Å². The lowest BCUT2D eigenvalue weighted by Crippen LogP contribution is -2.63. The van der Waals surface area contributed by atoms with E-state index >= 15 is 0 Å². The predicted octanol–water partition coefficient (Wildman–Crippen LogP) is 3.75. The van der Waals surface area contributed by atoms with Crippen molar-refractivity contribution in [3.05, 3.63) is 93.4 Å². The zero-order chi connectivity index (χ0) is 26.7. The molecule has 200 valence electrons. The molecule has 4 aliphatic rings. The molecule has 8 nitrogen and oxygen atoms in total. The number of aromatic hydroxyl groups is 1. The molecule has 0 radical (unpaired) electrons. The molecule has 2 N–H and O–H groups in total. The van der Waals surface area contributed by atoms with Gasteiger partial charge in [-0.15, -0.1) is 11.8 Å². The van der Waals surface area contributed by atoms with E-state index in [1.165, 1.54) is 11.6 Å². The first-order valence-electron chi connectivity index (χ1n) is 13.6. The number of carbonyl (C=O) groups excluding carboxylic acids is 2. The molecule has 7 rings (SSSR count). The van der Waals surface area contributed by atoms with E-state index in [9.17, 15) is 19.5 Å². The summed E-state index contributed by atoms with van der Waals surface area (Å²) in [6.07, 6.45) is 5.75. The smallest absolute Gasteiger partial charge is 0.278 e. The maximum absolute atomic E-state index is 13.8. The van der Waals surface area contributed by atoms with E-state index in [0.29, 0.717) is 31.8 Å². The van der Waals surface area contributed by atoms with E-state index < -0.39 is 11.2 Å². The van der Waals surface area contributed by atoms with Gasteiger partial charge in [-0.3, -0.25) is 24.1 Å². The fourth-order valence-electron chi connectivity index (χ4n) is 6.09. The summed E-state index contributed by atoms with van der Waals surface area (Å²) < 4.78 is 1.66. The number of aromatic nitrogens is 1. The minimum Gasteiger partial charge on any atom is -0.502 e. The normalized spacial score (nSPS) is 23.7. The van der Waals surface area contributed by atoms with Gasteiger partial charge in [-0.1, -0.05) is 42.5 Å². The van der Waals surface area contributed by atoms with Gasteiger partial charge in [-0.2, -0.15) is 0 Å². The SMILES string of the molecule is O=C(CC1CC1)NC1CC(N2CN([C@H]3c4ccccc4CSc4ccccc43)n3ccc(=O)c(O)c3C2=O)C1. The quantitative estimate of drug-likeness (QED) is 0.510. The number of rotatable bonds is 5. The van der Waals surface area contributed by atoms with Crippen LogP contribution in [0.3, 0.4) is 0 Å². The number of amides is 2. The van der Waals surface area contributed by atoms with Crippen molar-refractivity contribution in [2.75, 3.05) is 11.7 Å². The lowest BCUT2D eigenvalue weighted by atomic mass is 9.85. The summed E-state index contributed by atoms with van der Waals surface area (Å²) in [5.41, 5.74) is 2.87. The molecule has 2 aliphatic carbocycles. The molecule has 0 unspecified atom stereocenters. The number of nitrogens with zero attached hydrogens (tertiary/aromatic N) is 3. The van der Waals surface area contributed by atoms with Gasteiger partial charge in [0.15, 0.2) is 11.4 Å². The van der Waals surface area contributed by atoms with Gasteiger partial charge in [0.25, 0.3) is 5.91 Å². The molecule has 2 aliphatic heterocycles. The summed E-state index contributed by atoms with van der Waals surface area (Å²) in [5.74, 6) is 0.549. The van der Waals surface area contributed by atoms with Gasteiger partial charge in [-0.25, -0.2) is 0 Å². The third-order valence-electron chi connectivity index (χ3n) is 8.43. The first kappa shape index (κ1) is 24.3. The third-order valence-corrected chi connectivity index (χ3v) is 9.56. The molecule has 39 heavy (non-hydrogen) atoms. The average Bonchev–Trinajstić information content (AvgIpc) is 3.74. The van der Waals surface area contributed by atoms with E-state index in [-0.39, 0.29) is 35.6 Å². The van der Waals surface area contributed by atoms with Crippen LogP contribution in [-0.4, -0.2) is 45.2 Å². The second-order valence-electron chi connectivity index (χ2n) is 11.0. The van der Waals surface area contributed by atoms with Crippen molar-refractivity contribution in [2.24, 2.45) is 5.92 Å². The Morgan fingerprint density at radius 2 is 1.74 bits per heavy atom. The monoisotopic (exact) mass is 542 g/mol. The molecule has 2 amide bonds. The van der Waals surface area contributed by atoms with Crippen LogP contribution in [-0.2, 0) is 10.5 Å². The molecule has 3 heterocycles. The third kappa shape index (κ3) is 4.29. The van der Waals surface area contributed by atoms with Crippen LogP contribution in [0.2, 0.25) is 0 Å². The molecular formula is C30H30N4O4S. The van der Waals surface area contributed by atoms with Crippen LogP contribution in [0.25, 0.3) is 0 Å². The van der Waals surface area contributed by atoms with Crippen LogP contribution in [0.4, 0.5) is 0 Å². The van der Waals surface area contributed by atoms with Gasteiger partial charge >= 0.3 is 0 Å². The number of carbonyl (C=O) groups is 2. The van der Waals surface area contributed by atoms with Gasteiger partial charge in [0.2, 0.25) is 11.3 Å². The highest BCUT2D eigenvalue weighted by atomic mass is 32.2. The molecular weight excluding hydrogens is 512 g/mol. The van der Waals surface area contributed by atoms with Gasteiger partial charge in [0.1, 0.15) is 6.67 Å². The molecule has 9 heteroatoms. The Morgan fingerprint density at radius 1 is 1.00 bits per heavy atom. The second-order valence-corrected chi connectivity index (χ2v) is 12.1.